The van der Waals surface area contributed by atoms with Crippen LogP contribution in [0.4, 0.5) is 11.4 Å². The maximum Gasteiger partial charge on any atom is 0.293 e. The number of rotatable bonds is 8. The largest absolute Gasteiger partial charge is 0.377 e. The summed E-state index contributed by atoms with van der Waals surface area (Å²) in [5, 5.41) is 18.0. The molecule has 1 aliphatic carbocycles. The van der Waals surface area contributed by atoms with Crippen molar-refractivity contribution < 1.29 is 9.72 Å². The quantitative estimate of drug-likeness (QED) is 0.517. The Kier molecular flexibility index (Phi) is 6.16. The molecule has 0 bridgehead atoms. The maximum atomic E-state index is 12.6. The summed E-state index contributed by atoms with van der Waals surface area (Å²) < 4.78 is 0. The van der Waals surface area contributed by atoms with E-state index in [1.807, 2.05) is 43.3 Å². The van der Waals surface area contributed by atoms with Crippen LogP contribution >= 0.6 is 11.6 Å². The Morgan fingerprint density at radius 2 is 2.00 bits per heavy atom. The average molecular weight is 403 g/mol. The van der Waals surface area contributed by atoms with Gasteiger partial charge in [-0.3, -0.25) is 14.9 Å². The van der Waals surface area contributed by atoms with Gasteiger partial charge < -0.3 is 15.5 Å². The highest BCUT2D eigenvalue weighted by atomic mass is 35.5. The number of nitro groups is 1. The number of amides is 1. The fraction of sp³-hybridized carbons (Fsp3) is 0.350. The van der Waals surface area contributed by atoms with E-state index in [4.69, 9.17) is 11.6 Å². The first-order chi connectivity index (χ1) is 13.4. The Labute approximate surface area is 168 Å². The zero-order valence-corrected chi connectivity index (χ0v) is 16.6. The van der Waals surface area contributed by atoms with E-state index in [1.54, 1.807) is 12.1 Å². The van der Waals surface area contributed by atoms with Crippen LogP contribution in [0.5, 0.6) is 0 Å². The number of nitrogens with one attached hydrogen (secondary N) is 2. The predicted octanol–water partition coefficient (Wildman–Crippen LogP) is 3.86. The first-order valence-electron chi connectivity index (χ1n) is 9.11. The minimum absolute atomic E-state index is 0.0881. The standard InChI is InChI=1S/C20H23ClN4O3/c1-24(2)19(15-5-3-4-6-16(15)21)12-22-20(26)13-7-10-17(23-14-8-9-14)18(11-13)25(27)28/h3-7,10-11,14,19,23H,8-9,12H2,1-2H3,(H,22,26)/t19-/m0/s1. The van der Waals surface area contributed by atoms with Gasteiger partial charge in [-0.2, -0.15) is 0 Å². The van der Waals surface area contributed by atoms with Crippen molar-refractivity contribution in [1.29, 1.82) is 0 Å². The molecular formula is C20H23ClN4O3. The zero-order chi connectivity index (χ0) is 20.3. The van der Waals surface area contributed by atoms with Crippen LogP contribution in [0.2, 0.25) is 5.02 Å². The summed E-state index contributed by atoms with van der Waals surface area (Å²) in [5.41, 5.74) is 1.52. The van der Waals surface area contributed by atoms with Gasteiger partial charge in [-0.05, 0) is 50.7 Å². The summed E-state index contributed by atoms with van der Waals surface area (Å²) in [6.45, 7) is 0.325. The van der Waals surface area contributed by atoms with Gasteiger partial charge in [0.2, 0.25) is 0 Å². The van der Waals surface area contributed by atoms with Gasteiger partial charge in [-0.25, -0.2) is 0 Å². The van der Waals surface area contributed by atoms with Crippen LogP contribution < -0.4 is 10.6 Å². The molecule has 1 saturated carbocycles. The molecular weight excluding hydrogens is 380 g/mol. The fourth-order valence-corrected chi connectivity index (χ4v) is 3.26. The maximum absolute atomic E-state index is 12.6. The van der Waals surface area contributed by atoms with Crippen LogP contribution in [-0.2, 0) is 0 Å². The van der Waals surface area contributed by atoms with Crippen LogP contribution in [0.3, 0.4) is 0 Å². The van der Waals surface area contributed by atoms with Crippen molar-refractivity contribution in [2.75, 3.05) is 26.0 Å². The third-order valence-electron chi connectivity index (χ3n) is 4.74. The second kappa shape index (κ2) is 8.58. The predicted molar refractivity (Wildman–Crippen MR) is 110 cm³/mol. The zero-order valence-electron chi connectivity index (χ0n) is 15.8. The van der Waals surface area contributed by atoms with Gasteiger partial charge >= 0.3 is 0 Å². The number of carbonyl (C=O) groups excluding carboxylic acids is 1. The van der Waals surface area contributed by atoms with Gasteiger partial charge in [0, 0.05) is 29.2 Å². The molecule has 1 fully saturated rings. The molecule has 2 aromatic rings. The van der Waals surface area contributed by atoms with Gasteiger partial charge in [0.25, 0.3) is 11.6 Å². The van der Waals surface area contributed by atoms with Crippen molar-refractivity contribution in [1.82, 2.24) is 10.2 Å². The van der Waals surface area contributed by atoms with Gasteiger partial charge in [0.15, 0.2) is 0 Å². The Balaban J connectivity index is 1.73. The molecule has 0 saturated heterocycles. The molecule has 1 atom stereocenters. The average Bonchev–Trinajstić information content (AvgIpc) is 3.47. The number of nitrogens with zero attached hydrogens (tertiary/aromatic N) is 2. The number of anilines is 1. The minimum Gasteiger partial charge on any atom is -0.377 e. The van der Waals surface area contributed by atoms with Crippen LogP contribution in [0, 0.1) is 10.1 Å². The van der Waals surface area contributed by atoms with Crippen LogP contribution in [0.25, 0.3) is 0 Å². The molecule has 1 aliphatic rings. The molecule has 0 spiro atoms. The summed E-state index contributed by atoms with van der Waals surface area (Å²) in [5.74, 6) is -0.361. The van der Waals surface area contributed by atoms with Gasteiger partial charge in [-0.15, -0.1) is 0 Å². The van der Waals surface area contributed by atoms with Crippen molar-refractivity contribution in [2.24, 2.45) is 0 Å². The normalized spacial score (nSPS) is 14.6. The lowest BCUT2D eigenvalue weighted by molar-refractivity contribution is -0.384. The summed E-state index contributed by atoms with van der Waals surface area (Å²) >= 11 is 6.29. The van der Waals surface area contributed by atoms with Crippen LogP contribution in [0.15, 0.2) is 42.5 Å². The topological polar surface area (TPSA) is 87.5 Å². The molecule has 0 aliphatic heterocycles. The highest BCUT2D eigenvalue weighted by Gasteiger charge is 2.26. The number of carbonyl (C=O) groups is 1. The first kappa shape index (κ1) is 20.1. The molecule has 3 rings (SSSR count). The third-order valence-corrected chi connectivity index (χ3v) is 5.08. The lowest BCUT2D eigenvalue weighted by atomic mass is 10.1. The number of nitro benzene ring substituents is 1. The lowest BCUT2D eigenvalue weighted by Gasteiger charge is -2.26. The summed E-state index contributed by atoms with van der Waals surface area (Å²) in [6, 6.07) is 12.2. The molecule has 0 radical (unpaired) electrons. The van der Waals surface area contributed by atoms with E-state index in [1.165, 1.54) is 6.07 Å². The molecule has 2 aromatic carbocycles. The Hall–Kier alpha value is -2.64. The van der Waals surface area contributed by atoms with Crippen molar-refractivity contribution >= 4 is 28.9 Å². The SMILES string of the molecule is CN(C)[C@@H](CNC(=O)c1ccc(NC2CC2)c([N+](=O)[O-])c1)c1ccccc1Cl. The summed E-state index contributed by atoms with van der Waals surface area (Å²) in [6.07, 6.45) is 2.01. The summed E-state index contributed by atoms with van der Waals surface area (Å²) in [4.78, 5) is 25.5. The van der Waals surface area contributed by atoms with E-state index < -0.39 is 4.92 Å². The smallest absolute Gasteiger partial charge is 0.293 e. The van der Waals surface area contributed by atoms with Crippen LogP contribution in [-0.4, -0.2) is 42.4 Å². The fourth-order valence-electron chi connectivity index (χ4n) is 3.00. The molecule has 0 heterocycles. The van der Waals surface area contributed by atoms with Crippen molar-refractivity contribution in [3.8, 4) is 0 Å². The number of hydrogen-bond donors (Lipinski definition) is 2. The summed E-state index contributed by atoms with van der Waals surface area (Å²) in [7, 11) is 3.81. The van der Waals surface area contributed by atoms with E-state index in [0.29, 0.717) is 17.3 Å². The Bertz CT molecular complexity index is 884. The number of likely N-dealkylation sites (N-methyl/N-ethyl adjacent to an activating group) is 1. The lowest BCUT2D eigenvalue weighted by Crippen LogP contribution is -2.34. The molecule has 1 amide bonds. The minimum atomic E-state index is -0.464. The highest BCUT2D eigenvalue weighted by Crippen LogP contribution is 2.31. The second-order valence-electron chi connectivity index (χ2n) is 7.12. The second-order valence-corrected chi connectivity index (χ2v) is 7.53. The number of halogens is 1. The van der Waals surface area contributed by atoms with E-state index >= 15 is 0 Å². The van der Waals surface area contributed by atoms with E-state index in [2.05, 4.69) is 10.6 Å². The van der Waals surface area contributed by atoms with Gasteiger partial charge in [-0.1, -0.05) is 29.8 Å². The molecule has 7 nitrogen and oxygen atoms in total. The molecule has 0 aromatic heterocycles. The number of hydrogen-bond acceptors (Lipinski definition) is 5. The molecule has 148 valence electrons. The third kappa shape index (κ3) is 4.79. The van der Waals surface area contributed by atoms with Gasteiger partial charge in [0.05, 0.1) is 11.0 Å². The highest BCUT2D eigenvalue weighted by molar-refractivity contribution is 6.31. The molecule has 28 heavy (non-hydrogen) atoms. The van der Waals surface area contributed by atoms with E-state index in [0.717, 1.165) is 18.4 Å². The molecule has 0 unspecified atom stereocenters. The van der Waals surface area contributed by atoms with Crippen LogP contribution in [0.1, 0.15) is 34.8 Å². The van der Waals surface area contributed by atoms with Gasteiger partial charge in [0.1, 0.15) is 5.69 Å². The van der Waals surface area contributed by atoms with E-state index in [9.17, 15) is 14.9 Å². The number of benzene rings is 2. The first-order valence-corrected chi connectivity index (χ1v) is 9.48. The Morgan fingerprint density at radius 3 is 2.61 bits per heavy atom. The van der Waals surface area contributed by atoms with E-state index in [-0.39, 0.29) is 29.2 Å². The molecule has 2 N–H and O–H groups in total. The van der Waals surface area contributed by atoms with Crippen molar-refractivity contribution in [3.63, 3.8) is 0 Å². The Morgan fingerprint density at radius 1 is 1.29 bits per heavy atom. The monoisotopic (exact) mass is 402 g/mol. The van der Waals surface area contributed by atoms with Crippen molar-refractivity contribution in [3.05, 3.63) is 68.7 Å². The molecule has 8 heteroatoms. The van der Waals surface area contributed by atoms with Crippen molar-refractivity contribution in [2.45, 2.75) is 24.9 Å².